The Hall–Kier alpha value is -1.43. The second-order valence-corrected chi connectivity index (χ2v) is 5.25. The van der Waals surface area contributed by atoms with E-state index in [2.05, 4.69) is 10.1 Å². The molecular formula is C14H22N2O4. The van der Waals surface area contributed by atoms with Gasteiger partial charge in [0, 0.05) is 19.4 Å². The van der Waals surface area contributed by atoms with Crippen LogP contribution in [0.15, 0.2) is 4.52 Å². The van der Waals surface area contributed by atoms with Gasteiger partial charge in [0.15, 0.2) is 0 Å². The maximum absolute atomic E-state index is 10.4. The van der Waals surface area contributed by atoms with E-state index in [1.54, 1.807) is 0 Å². The molecule has 1 aromatic heterocycles. The molecule has 0 bridgehead atoms. The molecule has 1 heterocycles. The summed E-state index contributed by atoms with van der Waals surface area (Å²) in [4.78, 5) is 14.9. The molecule has 0 spiro atoms. The summed E-state index contributed by atoms with van der Waals surface area (Å²) in [5.41, 5.74) is -0.364. The minimum Gasteiger partial charge on any atom is -0.481 e. The quantitative estimate of drug-likeness (QED) is 0.738. The number of carbonyl (C=O) groups is 1. The zero-order valence-corrected chi connectivity index (χ0v) is 11.9. The van der Waals surface area contributed by atoms with Gasteiger partial charge in [0.05, 0.1) is 0 Å². The number of aryl methyl sites for hydroxylation is 1. The number of hydrogen-bond acceptors (Lipinski definition) is 5. The van der Waals surface area contributed by atoms with Gasteiger partial charge in [0.1, 0.15) is 5.60 Å². The number of nitrogens with zero attached hydrogens (tertiary/aromatic N) is 2. The second-order valence-electron chi connectivity index (χ2n) is 5.25. The molecule has 0 saturated heterocycles. The summed E-state index contributed by atoms with van der Waals surface area (Å²) >= 11 is 0. The Morgan fingerprint density at radius 2 is 2.15 bits per heavy atom. The van der Waals surface area contributed by atoms with E-state index in [0.717, 1.165) is 32.1 Å². The Morgan fingerprint density at radius 3 is 2.80 bits per heavy atom. The van der Waals surface area contributed by atoms with Crippen LogP contribution in [-0.4, -0.2) is 27.8 Å². The summed E-state index contributed by atoms with van der Waals surface area (Å²) in [6.45, 7) is 2.62. The molecule has 0 aromatic carbocycles. The average molecular weight is 282 g/mol. The molecule has 20 heavy (non-hydrogen) atoms. The van der Waals surface area contributed by atoms with Gasteiger partial charge in [-0.1, -0.05) is 5.16 Å². The fraction of sp³-hybridized carbons (Fsp3) is 0.786. The monoisotopic (exact) mass is 282 g/mol. The highest BCUT2D eigenvalue weighted by Gasteiger charge is 2.40. The number of aliphatic carboxylic acids is 1. The van der Waals surface area contributed by atoms with Crippen LogP contribution < -0.4 is 0 Å². The van der Waals surface area contributed by atoms with E-state index in [-0.39, 0.29) is 12.0 Å². The van der Waals surface area contributed by atoms with E-state index in [1.807, 2.05) is 6.92 Å². The van der Waals surface area contributed by atoms with Crippen LogP contribution in [-0.2, 0) is 21.6 Å². The van der Waals surface area contributed by atoms with Crippen LogP contribution in [0.5, 0.6) is 0 Å². The third kappa shape index (κ3) is 3.56. The molecule has 112 valence electrons. The molecule has 0 unspecified atom stereocenters. The van der Waals surface area contributed by atoms with Gasteiger partial charge in [-0.25, -0.2) is 0 Å². The Balaban J connectivity index is 1.92. The number of unbranched alkanes of at least 4 members (excludes halogenated alkanes) is 1. The third-order valence-corrected chi connectivity index (χ3v) is 3.74. The number of hydrogen-bond donors (Lipinski definition) is 1. The Bertz CT molecular complexity index is 438. The summed E-state index contributed by atoms with van der Waals surface area (Å²) < 4.78 is 11.2. The minimum absolute atomic E-state index is 0.184. The standard InChI is InChI=1S/C14H22N2O4/c1-2-19-14(9-5-6-10-14)13-15-11(20-16-13)7-3-4-8-12(17)18/h2-10H2,1H3,(H,17,18). The van der Waals surface area contributed by atoms with Gasteiger partial charge in [-0.05, 0) is 45.4 Å². The molecule has 1 aromatic rings. The van der Waals surface area contributed by atoms with E-state index >= 15 is 0 Å². The van der Waals surface area contributed by atoms with Gasteiger partial charge in [0.2, 0.25) is 11.7 Å². The normalized spacial score (nSPS) is 17.4. The number of rotatable bonds is 8. The summed E-state index contributed by atoms with van der Waals surface area (Å²) in [5, 5.41) is 12.7. The second kappa shape index (κ2) is 6.83. The van der Waals surface area contributed by atoms with Crippen LogP contribution >= 0.6 is 0 Å². The van der Waals surface area contributed by atoms with E-state index in [4.69, 9.17) is 14.4 Å². The first kappa shape index (κ1) is 15.0. The summed E-state index contributed by atoms with van der Waals surface area (Å²) in [6, 6.07) is 0. The molecule has 0 radical (unpaired) electrons. The molecule has 2 rings (SSSR count). The number of carboxylic acids is 1. The lowest BCUT2D eigenvalue weighted by atomic mass is 10.0. The van der Waals surface area contributed by atoms with Crippen LogP contribution in [0.4, 0.5) is 0 Å². The van der Waals surface area contributed by atoms with Crippen molar-refractivity contribution >= 4 is 5.97 Å². The van der Waals surface area contributed by atoms with Gasteiger partial charge in [0.25, 0.3) is 0 Å². The van der Waals surface area contributed by atoms with Crippen LogP contribution in [0, 0.1) is 0 Å². The molecule has 1 fully saturated rings. The van der Waals surface area contributed by atoms with E-state index in [1.165, 1.54) is 0 Å². The van der Waals surface area contributed by atoms with Crippen molar-refractivity contribution in [3.63, 3.8) is 0 Å². The molecule has 0 atom stereocenters. The maximum Gasteiger partial charge on any atom is 0.303 e. The van der Waals surface area contributed by atoms with Gasteiger partial charge >= 0.3 is 5.97 Å². The molecule has 1 aliphatic carbocycles. The zero-order chi connectivity index (χ0) is 14.4. The molecule has 1 N–H and O–H groups in total. The topological polar surface area (TPSA) is 85.5 Å². The van der Waals surface area contributed by atoms with Gasteiger partial charge < -0.3 is 14.4 Å². The lowest BCUT2D eigenvalue weighted by Crippen LogP contribution is -2.27. The SMILES string of the molecule is CCOC1(c2noc(CCCCC(=O)O)n2)CCCC1. The highest BCUT2D eigenvalue weighted by molar-refractivity contribution is 5.66. The number of carboxylic acid groups (broad SMARTS) is 1. The van der Waals surface area contributed by atoms with Crippen molar-refractivity contribution in [1.82, 2.24) is 10.1 Å². The first-order valence-corrected chi connectivity index (χ1v) is 7.35. The molecule has 0 aliphatic heterocycles. The first-order valence-electron chi connectivity index (χ1n) is 7.35. The highest BCUT2D eigenvalue weighted by atomic mass is 16.5. The third-order valence-electron chi connectivity index (χ3n) is 3.74. The Labute approximate surface area is 118 Å². The fourth-order valence-corrected chi connectivity index (χ4v) is 2.75. The van der Waals surface area contributed by atoms with E-state index < -0.39 is 5.97 Å². The van der Waals surface area contributed by atoms with Crippen molar-refractivity contribution < 1.29 is 19.2 Å². The Kier molecular flexibility index (Phi) is 5.11. The van der Waals surface area contributed by atoms with Crippen molar-refractivity contribution in [2.75, 3.05) is 6.61 Å². The average Bonchev–Trinajstić information content (AvgIpc) is 3.04. The molecule has 0 amide bonds. The molecule has 6 heteroatoms. The van der Waals surface area contributed by atoms with Crippen molar-refractivity contribution in [2.45, 2.75) is 63.9 Å². The number of ether oxygens (including phenoxy) is 1. The van der Waals surface area contributed by atoms with Crippen molar-refractivity contribution in [1.29, 1.82) is 0 Å². The van der Waals surface area contributed by atoms with Crippen molar-refractivity contribution in [3.05, 3.63) is 11.7 Å². The number of aromatic nitrogens is 2. The van der Waals surface area contributed by atoms with Gasteiger partial charge in [-0.15, -0.1) is 0 Å². The predicted octanol–water partition coefficient (Wildman–Crippen LogP) is 2.67. The van der Waals surface area contributed by atoms with Gasteiger partial charge in [-0.2, -0.15) is 4.98 Å². The van der Waals surface area contributed by atoms with Crippen LogP contribution in [0.2, 0.25) is 0 Å². The largest absolute Gasteiger partial charge is 0.481 e. The van der Waals surface area contributed by atoms with Crippen LogP contribution in [0.3, 0.4) is 0 Å². The molecule has 1 saturated carbocycles. The van der Waals surface area contributed by atoms with E-state index in [0.29, 0.717) is 31.2 Å². The summed E-state index contributed by atoms with van der Waals surface area (Å²) in [7, 11) is 0. The molecular weight excluding hydrogens is 260 g/mol. The first-order chi connectivity index (χ1) is 9.66. The van der Waals surface area contributed by atoms with E-state index in [9.17, 15) is 4.79 Å². The van der Waals surface area contributed by atoms with Crippen LogP contribution in [0.1, 0.15) is 63.6 Å². The molecule has 1 aliphatic rings. The molecule has 6 nitrogen and oxygen atoms in total. The lowest BCUT2D eigenvalue weighted by Gasteiger charge is -2.24. The summed E-state index contributed by atoms with van der Waals surface area (Å²) in [6.07, 6.45) is 6.33. The maximum atomic E-state index is 10.4. The van der Waals surface area contributed by atoms with Crippen LogP contribution in [0.25, 0.3) is 0 Å². The summed E-state index contributed by atoms with van der Waals surface area (Å²) in [5.74, 6) is 0.471. The van der Waals surface area contributed by atoms with Crippen molar-refractivity contribution in [3.8, 4) is 0 Å². The fourth-order valence-electron chi connectivity index (χ4n) is 2.75. The smallest absolute Gasteiger partial charge is 0.303 e. The Morgan fingerprint density at radius 1 is 1.40 bits per heavy atom. The van der Waals surface area contributed by atoms with Gasteiger partial charge in [-0.3, -0.25) is 4.79 Å². The highest BCUT2D eigenvalue weighted by Crippen LogP contribution is 2.40. The zero-order valence-electron chi connectivity index (χ0n) is 11.9. The predicted molar refractivity (Wildman–Crippen MR) is 71.3 cm³/mol. The lowest BCUT2D eigenvalue weighted by molar-refractivity contribution is -0.137. The van der Waals surface area contributed by atoms with Crippen molar-refractivity contribution in [2.24, 2.45) is 0 Å². The minimum atomic E-state index is -0.766.